The van der Waals surface area contributed by atoms with Gasteiger partial charge in [-0.3, -0.25) is 9.59 Å². The summed E-state index contributed by atoms with van der Waals surface area (Å²) in [4.78, 5) is 27.3. The molecule has 0 spiro atoms. The van der Waals surface area contributed by atoms with E-state index in [2.05, 4.69) is 10.6 Å². The predicted octanol–water partition coefficient (Wildman–Crippen LogP) is 1.00. The Morgan fingerprint density at radius 3 is 2.01 bits per heavy atom. The number of hydrogen-bond donors (Lipinski definition) is 13. The number of esters is 1. The third kappa shape index (κ3) is 22.7. The lowest BCUT2D eigenvalue weighted by Gasteiger charge is -2.45. The fourth-order valence-electron chi connectivity index (χ4n) is 8.85. The van der Waals surface area contributed by atoms with Crippen LogP contribution in [0.5, 0.6) is 0 Å². The van der Waals surface area contributed by atoms with Gasteiger partial charge < -0.3 is 90.7 Å². The number of thiocarbonyl (C=S) groups is 1. The molecular formula is C52H85N3O17S. The van der Waals surface area contributed by atoms with Crippen LogP contribution in [0.2, 0.25) is 0 Å². The average molecular weight is 1060 g/mol. The Bertz CT molecular complexity index is 1850. The molecule has 0 radical (unpaired) electrons. The van der Waals surface area contributed by atoms with Gasteiger partial charge in [0.05, 0.1) is 73.5 Å². The van der Waals surface area contributed by atoms with Crippen molar-refractivity contribution in [2.24, 2.45) is 17.8 Å². The molecule has 0 saturated carbocycles. The summed E-state index contributed by atoms with van der Waals surface area (Å²) in [6, 6.07) is -1.07. The predicted molar refractivity (Wildman–Crippen MR) is 275 cm³/mol. The summed E-state index contributed by atoms with van der Waals surface area (Å²) >= 11 is 5.43. The molecule has 0 aliphatic carbocycles. The Morgan fingerprint density at radius 2 is 1.36 bits per heavy atom. The minimum atomic E-state index is -2.38. The van der Waals surface area contributed by atoms with Gasteiger partial charge in [-0.1, -0.05) is 86.8 Å². The molecule has 0 aromatic carbocycles. The number of fused-ring (bicyclic) bond motifs is 2. The molecule has 0 aromatic rings. The van der Waals surface area contributed by atoms with E-state index in [-0.39, 0.29) is 43.1 Å². The van der Waals surface area contributed by atoms with Crippen LogP contribution in [0, 0.1) is 17.8 Å². The van der Waals surface area contributed by atoms with Crippen LogP contribution in [0.3, 0.4) is 0 Å². The second-order valence-corrected chi connectivity index (χ2v) is 20.4. The number of aliphatic carboxylic acids is 1. The van der Waals surface area contributed by atoms with Crippen LogP contribution in [0.4, 0.5) is 0 Å². The number of hydrogen-bond acceptors (Lipinski definition) is 18. The number of nitrogens with one attached hydrogen (secondary N) is 2. The Balaban J connectivity index is 1.89. The van der Waals surface area contributed by atoms with E-state index < -0.39 is 141 Å². The van der Waals surface area contributed by atoms with Crippen LogP contribution >= 0.6 is 12.2 Å². The van der Waals surface area contributed by atoms with Crippen LogP contribution in [-0.2, 0) is 28.5 Å². The summed E-state index contributed by atoms with van der Waals surface area (Å²) in [7, 11) is 3.78. The zero-order valence-corrected chi connectivity index (χ0v) is 43.8. The molecule has 21 heteroatoms. The standard InChI is InChI=1S/C52H85N3O17S/c1-31-19-17-15-13-11-9-7-8-10-12-14-16-18-20-38(71-50-48(65)45(47(64)34(4)70-50)54-51(73)53-23-24-55(5)6)28-42-44(49(66)67)41(61)30-52(68,72-42)29-40(60)39(59)22-21-35(56)25-36(57)26-37(58)27-43(62)69-33(3)32(2)46(31)63/h7-8,10,12-20,31-42,44-48,50,56-61,63-65,68H,9,11,21-30H2,1-6H3,(H,66,67)(H2,53,54,73)/b8-7+,12-10+,15-13+,16-14+,19-17+,20-18+/t31-,32-,33-,34+,35+,36+,37+,38-,39+,40+,41-,42-,44+,45-,46+,47+,48-,50+,52+/m0/s1. The molecule has 0 aromatic heterocycles. The maximum atomic E-state index is 12.7. The van der Waals surface area contributed by atoms with E-state index in [1.165, 1.54) is 6.08 Å². The number of carbonyl (C=O) groups is 2. The van der Waals surface area contributed by atoms with Crippen molar-refractivity contribution in [3.8, 4) is 0 Å². The molecule has 20 nitrogen and oxygen atoms in total. The Labute approximate surface area is 435 Å². The highest BCUT2D eigenvalue weighted by molar-refractivity contribution is 7.80. The van der Waals surface area contributed by atoms with Gasteiger partial charge in [0.2, 0.25) is 0 Å². The summed E-state index contributed by atoms with van der Waals surface area (Å²) < 4.78 is 23.7. The third-order valence-corrected chi connectivity index (χ3v) is 13.6. The molecule has 2 bridgehead atoms. The van der Waals surface area contributed by atoms with Crippen molar-refractivity contribution in [2.75, 3.05) is 27.2 Å². The number of aliphatic hydroxyl groups is 10. The summed E-state index contributed by atoms with van der Waals surface area (Å²) in [6.45, 7) is 7.95. The molecule has 2 fully saturated rings. The van der Waals surface area contributed by atoms with E-state index >= 15 is 0 Å². The molecule has 3 rings (SSSR count). The zero-order valence-electron chi connectivity index (χ0n) is 43.0. The Kier molecular flexibility index (Phi) is 28.1. The Hall–Kier alpha value is -3.49. The number of aliphatic hydroxyl groups excluding tert-OH is 9. The largest absolute Gasteiger partial charge is 0.481 e. The second kappa shape index (κ2) is 32.2. The number of ether oxygens (including phenoxy) is 4. The first kappa shape index (κ1) is 63.8. The molecule has 0 amide bonds. The SMILES string of the molecule is C[C@@H]1[C@H](O)[C@@H](C)/C=C/C=C/CC/C=C/C=C/C=C/C=C/[C@H](O[C@H]2O[C@H](C)[C@@H](O)[C@H](NC(=S)NCCN(C)C)[C@@H]2O)C[C@@H]2O[C@](O)(C[C@@H](O)[C@H](O)CC[C@@H](O)C[C@@H](O)C[C@@H](O)CC(=O)O[C@H]1C)C[C@H](O)[C@H]2C(=O)O. The van der Waals surface area contributed by atoms with Crippen LogP contribution < -0.4 is 10.6 Å². The van der Waals surface area contributed by atoms with Gasteiger partial charge in [0.15, 0.2) is 17.2 Å². The van der Waals surface area contributed by atoms with E-state index in [0.717, 1.165) is 12.8 Å². The first-order valence-corrected chi connectivity index (χ1v) is 25.8. The topological polar surface area (TPSA) is 321 Å². The molecule has 2 saturated heterocycles. The molecule has 73 heavy (non-hydrogen) atoms. The van der Waals surface area contributed by atoms with Crippen molar-refractivity contribution in [3.63, 3.8) is 0 Å². The first-order valence-electron chi connectivity index (χ1n) is 25.4. The van der Waals surface area contributed by atoms with Gasteiger partial charge in [-0.05, 0) is 78.7 Å². The molecule has 0 unspecified atom stereocenters. The number of likely N-dealkylation sites (N-methyl/N-ethyl adjacent to an activating group) is 1. The van der Waals surface area contributed by atoms with Gasteiger partial charge in [-0.2, -0.15) is 0 Å². The van der Waals surface area contributed by atoms with Gasteiger partial charge in [-0.25, -0.2) is 0 Å². The van der Waals surface area contributed by atoms with Crippen molar-refractivity contribution < 1.29 is 84.7 Å². The van der Waals surface area contributed by atoms with Gasteiger partial charge in [0, 0.05) is 44.2 Å². The van der Waals surface area contributed by atoms with Crippen molar-refractivity contribution in [2.45, 2.75) is 189 Å². The number of carbonyl (C=O) groups excluding carboxylic acids is 1. The van der Waals surface area contributed by atoms with E-state index in [9.17, 15) is 65.8 Å². The zero-order chi connectivity index (χ0) is 54.4. The highest BCUT2D eigenvalue weighted by Crippen LogP contribution is 2.38. The lowest BCUT2D eigenvalue weighted by molar-refractivity contribution is -0.310. The molecular weight excluding hydrogens is 971 g/mol. The lowest BCUT2D eigenvalue weighted by Crippen LogP contribution is -2.65. The summed E-state index contributed by atoms with van der Waals surface area (Å²) in [5.74, 6) is -6.89. The maximum Gasteiger partial charge on any atom is 0.311 e. The lowest BCUT2D eigenvalue weighted by atomic mass is 9.82. The number of carboxylic acid groups (broad SMARTS) is 1. The fourth-order valence-corrected chi connectivity index (χ4v) is 9.08. The summed E-state index contributed by atoms with van der Waals surface area (Å²) in [5.41, 5.74) is 0. The quantitative estimate of drug-likeness (QED) is 0.125. The van der Waals surface area contributed by atoms with Gasteiger partial charge in [-0.15, -0.1) is 0 Å². The van der Waals surface area contributed by atoms with Crippen LogP contribution in [-0.4, -0.2) is 203 Å². The highest BCUT2D eigenvalue weighted by Gasteiger charge is 2.51. The minimum Gasteiger partial charge on any atom is -0.481 e. The number of nitrogens with zero attached hydrogens (tertiary/aromatic N) is 1. The smallest absolute Gasteiger partial charge is 0.311 e. The van der Waals surface area contributed by atoms with Crippen LogP contribution in [0.1, 0.15) is 91.9 Å². The number of cyclic esters (lactones) is 1. The number of allylic oxidation sites excluding steroid dienone is 10. The summed E-state index contributed by atoms with van der Waals surface area (Å²) in [6.07, 6.45) is 1.96. The highest BCUT2D eigenvalue weighted by atomic mass is 32.1. The van der Waals surface area contributed by atoms with E-state index in [4.69, 9.17) is 31.2 Å². The van der Waals surface area contributed by atoms with Gasteiger partial charge in [0.1, 0.15) is 24.2 Å². The first-order chi connectivity index (χ1) is 34.4. The maximum absolute atomic E-state index is 12.7. The number of carboxylic acids is 1. The van der Waals surface area contributed by atoms with E-state index in [1.54, 1.807) is 45.1 Å². The fraction of sp³-hybridized carbons (Fsp3) is 0.712. The van der Waals surface area contributed by atoms with Gasteiger partial charge in [0.25, 0.3) is 0 Å². The molecule has 3 aliphatic rings. The van der Waals surface area contributed by atoms with Gasteiger partial charge >= 0.3 is 11.9 Å². The molecule has 416 valence electrons. The van der Waals surface area contributed by atoms with Crippen LogP contribution in [0.25, 0.3) is 0 Å². The van der Waals surface area contributed by atoms with E-state index in [0.29, 0.717) is 13.1 Å². The summed E-state index contributed by atoms with van der Waals surface area (Å²) in [5, 5.41) is 127. The third-order valence-electron chi connectivity index (χ3n) is 13.3. The minimum absolute atomic E-state index is 0.146. The van der Waals surface area contributed by atoms with Crippen molar-refractivity contribution in [1.82, 2.24) is 15.5 Å². The molecule has 3 heterocycles. The normalized spacial score (nSPS) is 41.5. The Morgan fingerprint density at radius 1 is 0.753 bits per heavy atom. The van der Waals surface area contributed by atoms with E-state index in [1.807, 2.05) is 68.5 Å². The van der Waals surface area contributed by atoms with Crippen molar-refractivity contribution >= 4 is 29.3 Å². The van der Waals surface area contributed by atoms with Crippen molar-refractivity contribution in [3.05, 3.63) is 72.9 Å². The molecule has 19 atom stereocenters. The molecule has 3 aliphatic heterocycles. The van der Waals surface area contributed by atoms with Crippen molar-refractivity contribution in [1.29, 1.82) is 0 Å². The van der Waals surface area contributed by atoms with Crippen LogP contribution in [0.15, 0.2) is 72.9 Å². The number of rotatable bonds is 7. The molecule has 13 N–H and O–H groups in total. The monoisotopic (exact) mass is 1060 g/mol. The average Bonchev–Trinajstić information content (AvgIpc) is 3.29. The second-order valence-electron chi connectivity index (χ2n) is 20.0.